The Bertz CT molecular complexity index is 649. The number of nitrogens with two attached hydrogens (primary N) is 1. The normalized spacial score (nSPS) is 14.8. The Kier molecular flexibility index (Phi) is 5.18. The fourth-order valence-electron chi connectivity index (χ4n) is 3.02. The van der Waals surface area contributed by atoms with E-state index in [1.807, 2.05) is 35.7 Å². The van der Waals surface area contributed by atoms with E-state index >= 15 is 0 Å². The van der Waals surface area contributed by atoms with Crippen molar-refractivity contribution in [2.75, 3.05) is 17.7 Å². The summed E-state index contributed by atoms with van der Waals surface area (Å²) < 4.78 is 5.29. The lowest BCUT2D eigenvalue weighted by molar-refractivity contribution is 0.153. The summed E-state index contributed by atoms with van der Waals surface area (Å²) in [4.78, 5) is 13.1. The highest BCUT2D eigenvalue weighted by Crippen LogP contribution is 2.30. The summed E-state index contributed by atoms with van der Waals surface area (Å²) in [5, 5.41) is 4.78. The highest BCUT2D eigenvalue weighted by molar-refractivity contribution is 7.13. The van der Waals surface area contributed by atoms with Gasteiger partial charge in [-0.15, -0.1) is 11.3 Å². The quantitative estimate of drug-likeness (QED) is 0.747. The minimum Gasteiger partial charge on any atom is -0.449 e. The molecular formula is C18H22N2O2S. The van der Waals surface area contributed by atoms with Gasteiger partial charge in [0.05, 0.1) is 18.0 Å². The zero-order valence-corrected chi connectivity index (χ0v) is 13.9. The van der Waals surface area contributed by atoms with Crippen LogP contribution in [0.25, 0.3) is 10.4 Å². The van der Waals surface area contributed by atoms with Crippen LogP contribution in [0.1, 0.15) is 32.1 Å². The zero-order valence-electron chi connectivity index (χ0n) is 13.1. The van der Waals surface area contributed by atoms with Gasteiger partial charge in [-0.3, -0.25) is 5.32 Å². The molecule has 1 fully saturated rings. The van der Waals surface area contributed by atoms with Crippen molar-refractivity contribution in [3.63, 3.8) is 0 Å². The van der Waals surface area contributed by atoms with Crippen LogP contribution in [0.3, 0.4) is 0 Å². The van der Waals surface area contributed by atoms with Crippen LogP contribution in [0.2, 0.25) is 0 Å². The SMILES string of the molecule is Nc1ccc(-c2cccs2)cc1NC(=O)OCCC1CCCC1. The second-order valence-electron chi connectivity index (χ2n) is 5.98. The Morgan fingerprint density at radius 1 is 1.30 bits per heavy atom. The van der Waals surface area contributed by atoms with Crippen molar-refractivity contribution in [3.05, 3.63) is 35.7 Å². The number of carbonyl (C=O) groups excluding carboxylic acids is 1. The van der Waals surface area contributed by atoms with Crippen LogP contribution < -0.4 is 11.1 Å². The van der Waals surface area contributed by atoms with E-state index in [9.17, 15) is 4.79 Å². The van der Waals surface area contributed by atoms with Gasteiger partial charge < -0.3 is 10.5 Å². The Hall–Kier alpha value is -2.01. The Labute approximate surface area is 140 Å². The minimum atomic E-state index is -0.432. The first-order chi connectivity index (χ1) is 11.2. The first-order valence-electron chi connectivity index (χ1n) is 8.09. The van der Waals surface area contributed by atoms with Crippen LogP contribution in [0.4, 0.5) is 16.2 Å². The molecule has 0 radical (unpaired) electrons. The Morgan fingerprint density at radius 3 is 2.87 bits per heavy atom. The summed E-state index contributed by atoms with van der Waals surface area (Å²) in [6.45, 7) is 0.473. The number of amides is 1. The van der Waals surface area contributed by atoms with Gasteiger partial charge >= 0.3 is 6.09 Å². The zero-order chi connectivity index (χ0) is 16.1. The maximum atomic E-state index is 11.9. The van der Waals surface area contributed by atoms with E-state index in [0.29, 0.717) is 18.0 Å². The van der Waals surface area contributed by atoms with E-state index in [0.717, 1.165) is 22.8 Å². The van der Waals surface area contributed by atoms with Gasteiger partial charge in [-0.1, -0.05) is 37.8 Å². The van der Waals surface area contributed by atoms with Gasteiger partial charge in [-0.25, -0.2) is 4.79 Å². The smallest absolute Gasteiger partial charge is 0.411 e. The Morgan fingerprint density at radius 2 is 2.13 bits per heavy atom. The molecule has 0 saturated heterocycles. The fourth-order valence-corrected chi connectivity index (χ4v) is 3.75. The molecule has 3 rings (SSSR count). The molecule has 0 bridgehead atoms. The van der Waals surface area contributed by atoms with Crippen LogP contribution >= 0.6 is 11.3 Å². The lowest BCUT2D eigenvalue weighted by Crippen LogP contribution is -2.16. The van der Waals surface area contributed by atoms with E-state index in [1.165, 1.54) is 25.7 Å². The summed E-state index contributed by atoms with van der Waals surface area (Å²) >= 11 is 1.65. The van der Waals surface area contributed by atoms with Gasteiger partial charge in [0.2, 0.25) is 0 Å². The number of carbonyl (C=O) groups is 1. The van der Waals surface area contributed by atoms with Crippen molar-refractivity contribution in [2.24, 2.45) is 5.92 Å². The number of thiophene rings is 1. The summed E-state index contributed by atoms with van der Waals surface area (Å²) in [5.74, 6) is 0.718. The monoisotopic (exact) mass is 330 g/mol. The number of ether oxygens (including phenoxy) is 1. The standard InChI is InChI=1S/C18H22N2O2S/c19-15-8-7-14(17-6-3-11-23-17)12-16(15)20-18(21)22-10-9-13-4-1-2-5-13/h3,6-8,11-13H,1-2,4-5,9-10,19H2,(H,20,21). The molecule has 1 aromatic carbocycles. The highest BCUT2D eigenvalue weighted by Gasteiger charge is 2.15. The van der Waals surface area contributed by atoms with Crippen molar-refractivity contribution >= 4 is 28.8 Å². The number of benzene rings is 1. The minimum absolute atomic E-state index is 0.432. The molecule has 5 heteroatoms. The summed E-state index contributed by atoms with van der Waals surface area (Å²) in [5.41, 5.74) is 8.13. The molecule has 2 aromatic rings. The summed E-state index contributed by atoms with van der Waals surface area (Å²) in [7, 11) is 0. The average Bonchev–Trinajstić information content (AvgIpc) is 3.22. The van der Waals surface area contributed by atoms with Crippen LogP contribution in [-0.4, -0.2) is 12.7 Å². The number of hydrogen-bond donors (Lipinski definition) is 2. The third-order valence-corrected chi connectivity index (χ3v) is 5.25. The van der Waals surface area contributed by atoms with Gasteiger partial charge in [-0.2, -0.15) is 0 Å². The summed E-state index contributed by atoms with van der Waals surface area (Å²) in [6, 6.07) is 9.70. The van der Waals surface area contributed by atoms with E-state index in [-0.39, 0.29) is 0 Å². The van der Waals surface area contributed by atoms with Crippen molar-refractivity contribution in [2.45, 2.75) is 32.1 Å². The van der Waals surface area contributed by atoms with Crippen molar-refractivity contribution in [3.8, 4) is 10.4 Å². The molecule has 122 valence electrons. The van der Waals surface area contributed by atoms with Crippen molar-refractivity contribution in [1.82, 2.24) is 0 Å². The van der Waals surface area contributed by atoms with Crippen LogP contribution in [0.5, 0.6) is 0 Å². The molecule has 1 aliphatic rings. The van der Waals surface area contributed by atoms with E-state index in [1.54, 1.807) is 11.3 Å². The van der Waals surface area contributed by atoms with Gasteiger partial charge in [0, 0.05) is 4.88 Å². The molecule has 0 unspecified atom stereocenters. The third kappa shape index (κ3) is 4.26. The maximum Gasteiger partial charge on any atom is 0.411 e. The third-order valence-electron chi connectivity index (χ3n) is 4.33. The molecule has 0 spiro atoms. The number of nitrogen functional groups attached to an aromatic ring is 1. The molecule has 1 aliphatic carbocycles. The van der Waals surface area contributed by atoms with E-state index < -0.39 is 6.09 Å². The number of hydrogen-bond acceptors (Lipinski definition) is 4. The lowest BCUT2D eigenvalue weighted by Gasteiger charge is -2.12. The first kappa shape index (κ1) is 15.9. The van der Waals surface area contributed by atoms with Crippen LogP contribution in [-0.2, 0) is 4.74 Å². The molecule has 23 heavy (non-hydrogen) atoms. The first-order valence-corrected chi connectivity index (χ1v) is 8.97. The van der Waals surface area contributed by atoms with Gasteiger partial charge in [0.1, 0.15) is 0 Å². The van der Waals surface area contributed by atoms with Gasteiger partial charge in [0.15, 0.2) is 0 Å². The lowest BCUT2D eigenvalue weighted by atomic mass is 10.1. The van der Waals surface area contributed by atoms with Crippen LogP contribution in [0, 0.1) is 5.92 Å². The van der Waals surface area contributed by atoms with Gasteiger partial charge in [-0.05, 0) is 41.5 Å². The maximum absolute atomic E-state index is 11.9. The topological polar surface area (TPSA) is 64.3 Å². The molecule has 3 N–H and O–H groups in total. The molecule has 0 atom stereocenters. The predicted molar refractivity (Wildman–Crippen MR) is 95.7 cm³/mol. The molecule has 0 aliphatic heterocycles. The summed E-state index contributed by atoms with van der Waals surface area (Å²) in [6.07, 6.45) is 5.67. The van der Waals surface area contributed by atoms with E-state index in [2.05, 4.69) is 5.32 Å². The molecule has 1 heterocycles. The predicted octanol–water partition coefficient (Wildman–Crippen LogP) is 5.13. The average molecular weight is 330 g/mol. The molecule has 1 saturated carbocycles. The van der Waals surface area contributed by atoms with Gasteiger partial charge in [0.25, 0.3) is 0 Å². The van der Waals surface area contributed by atoms with Crippen molar-refractivity contribution in [1.29, 1.82) is 0 Å². The number of anilines is 2. The second kappa shape index (κ2) is 7.51. The molecular weight excluding hydrogens is 308 g/mol. The molecule has 1 amide bonds. The molecule has 1 aromatic heterocycles. The second-order valence-corrected chi connectivity index (χ2v) is 6.93. The van der Waals surface area contributed by atoms with E-state index in [4.69, 9.17) is 10.5 Å². The number of nitrogens with one attached hydrogen (secondary N) is 1. The largest absolute Gasteiger partial charge is 0.449 e. The highest BCUT2D eigenvalue weighted by atomic mass is 32.1. The Balaban J connectivity index is 1.56. The molecule has 4 nitrogen and oxygen atoms in total. The number of rotatable bonds is 5. The van der Waals surface area contributed by atoms with Crippen molar-refractivity contribution < 1.29 is 9.53 Å². The fraction of sp³-hybridized carbons (Fsp3) is 0.389. The van der Waals surface area contributed by atoms with Crippen LogP contribution in [0.15, 0.2) is 35.7 Å².